The van der Waals surface area contributed by atoms with Crippen molar-refractivity contribution in [3.63, 3.8) is 0 Å². The van der Waals surface area contributed by atoms with E-state index in [1.54, 1.807) is 24.3 Å². The number of hydrazine groups is 1. The van der Waals surface area contributed by atoms with Gasteiger partial charge >= 0.3 is 0 Å². The van der Waals surface area contributed by atoms with Gasteiger partial charge in [0.2, 0.25) is 5.91 Å². The summed E-state index contributed by atoms with van der Waals surface area (Å²) in [6, 6.07) is 6.54. The third-order valence-corrected chi connectivity index (χ3v) is 5.01. The molecular formula is C16H19ClN2O2. The van der Waals surface area contributed by atoms with Gasteiger partial charge in [0, 0.05) is 17.0 Å². The summed E-state index contributed by atoms with van der Waals surface area (Å²) in [4.78, 5) is 23.8. The highest BCUT2D eigenvalue weighted by Crippen LogP contribution is 2.49. The normalized spacial score (nSPS) is 26.6. The molecular weight excluding hydrogens is 288 g/mol. The average Bonchev–Trinajstić information content (AvgIpc) is 3.08. The van der Waals surface area contributed by atoms with Gasteiger partial charge in [0.15, 0.2) is 0 Å². The minimum Gasteiger partial charge on any atom is -0.273 e. The summed E-state index contributed by atoms with van der Waals surface area (Å²) in [6.45, 7) is 0. The molecule has 2 saturated carbocycles. The van der Waals surface area contributed by atoms with Crippen molar-refractivity contribution in [2.24, 2.45) is 17.8 Å². The number of hydrogen-bond acceptors (Lipinski definition) is 2. The largest absolute Gasteiger partial charge is 0.273 e. The van der Waals surface area contributed by atoms with Crippen LogP contribution in [0.3, 0.4) is 0 Å². The molecule has 2 bridgehead atoms. The lowest BCUT2D eigenvalue weighted by atomic mass is 9.86. The van der Waals surface area contributed by atoms with Crippen molar-refractivity contribution in [3.05, 3.63) is 34.9 Å². The minimum atomic E-state index is -0.326. The number of carbonyl (C=O) groups is 2. The van der Waals surface area contributed by atoms with Crippen molar-refractivity contribution < 1.29 is 9.59 Å². The van der Waals surface area contributed by atoms with Gasteiger partial charge in [-0.1, -0.05) is 18.0 Å². The SMILES string of the molecule is O=C(C[C@H]1C[C@H]2CC[C@@H]1C2)NNC(=O)c1ccc(Cl)cc1. The molecule has 2 N–H and O–H groups in total. The van der Waals surface area contributed by atoms with Crippen molar-refractivity contribution in [2.75, 3.05) is 0 Å². The second-order valence-corrected chi connectivity index (χ2v) is 6.58. The number of fused-ring (bicyclic) bond motifs is 2. The molecule has 1 aromatic carbocycles. The van der Waals surface area contributed by atoms with Crippen LogP contribution in [0.1, 0.15) is 42.5 Å². The smallest absolute Gasteiger partial charge is 0.269 e. The van der Waals surface area contributed by atoms with Crippen LogP contribution in [0.15, 0.2) is 24.3 Å². The number of hydrogen-bond donors (Lipinski definition) is 2. The molecule has 21 heavy (non-hydrogen) atoms. The molecule has 1 aromatic rings. The molecule has 4 nitrogen and oxygen atoms in total. The molecule has 2 fully saturated rings. The van der Waals surface area contributed by atoms with Crippen molar-refractivity contribution in [3.8, 4) is 0 Å². The standard InChI is InChI=1S/C16H19ClN2O2/c17-14-5-3-11(4-6-14)16(21)19-18-15(20)9-13-8-10-1-2-12(13)7-10/h3-6,10,12-13H,1-2,7-9H2,(H,18,20)(H,19,21)/t10-,12+,13+/m0/s1. The Morgan fingerprint density at radius 3 is 2.48 bits per heavy atom. The number of benzene rings is 1. The van der Waals surface area contributed by atoms with E-state index in [4.69, 9.17) is 11.6 Å². The summed E-state index contributed by atoms with van der Waals surface area (Å²) in [6.07, 6.45) is 5.57. The zero-order chi connectivity index (χ0) is 14.8. The summed E-state index contributed by atoms with van der Waals surface area (Å²) in [5, 5.41) is 0.576. The third-order valence-electron chi connectivity index (χ3n) is 4.75. The van der Waals surface area contributed by atoms with Crippen molar-refractivity contribution in [2.45, 2.75) is 32.1 Å². The number of halogens is 1. The van der Waals surface area contributed by atoms with E-state index in [0.29, 0.717) is 28.8 Å². The highest BCUT2D eigenvalue weighted by Gasteiger charge is 2.40. The zero-order valence-electron chi connectivity index (χ0n) is 11.8. The van der Waals surface area contributed by atoms with E-state index in [9.17, 15) is 9.59 Å². The molecule has 0 saturated heterocycles. The van der Waals surface area contributed by atoms with Crippen LogP contribution in [0.5, 0.6) is 0 Å². The fourth-order valence-electron chi connectivity index (χ4n) is 3.72. The average molecular weight is 307 g/mol. The van der Waals surface area contributed by atoms with Gasteiger partial charge in [-0.3, -0.25) is 20.4 Å². The fraction of sp³-hybridized carbons (Fsp3) is 0.500. The Bertz CT molecular complexity index is 544. The molecule has 0 aliphatic heterocycles. The second kappa shape index (κ2) is 6.06. The maximum Gasteiger partial charge on any atom is 0.269 e. The van der Waals surface area contributed by atoms with Crippen LogP contribution in [-0.4, -0.2) is 11.8 Å². The number of carbonyl (C=O) groups excluding carboxylic acids is 2. The van der Waals surface area contributed by atoms with E-state index in [-0.39, 0.29) is 11.8 Å². The molecule has 0 heterocycles. The van der Waals surface area contributed by atoms with Crippen LogP contribution >= 0.6 is 11.6 Å². The molecule has 5 heteroatoms. The zero-order valence-corrected chi connectivity index (χ0v) is 12.5. The van der Waals surface area contributed by atoms with Gasteiger partial charge in [0.05, 0.1) is 0 Å². The Balaban J connectivity index is 1.45. The highest BCUT2D eigenvalue weighted by atomic mass is 35.5. The Morgan fingerprint density at radius 2 is 1.86 bits per heavy atom. The number of amides is 2. The van der Waals surface area contributed by atoms with Crippen molar-refractivity contribution in [1.29, 1.82) is 0 Å². The first-order chi connectivity index (χ1) is 10.1. The molecule has 2 aliphatic rings. The molecule has 0 unspecified atom stereocenters. The molecule has 0 aromatic heterocycles. The quantitative estimate of drug-likeness (QED) is 0.844. The summed E-state index contributed by atoms with van der Waals surface area (Å²) in [5.74, 6) is 1.61. The maximum atomic E-state index is 11.9. The van der Waals surface area contributed by atoms with Gasteiger partial charge in [-0.05, 0) is 61.3 Å². The van der Waals surface area contributed by atoms with Crippen molar-refractivity contribution in [1.82, 2.24) is 10.9 Å². The van der Waals surface area contributed by atoms with Gasteiger partial charge in [0.1, 0.15) is 0 Å². The molecule has 0 spiro atoms. The first-order valence-corrected chi connectivity index (χ1v) is 7.84. The minimum absolute atomic E-state index is 0.102. The monoisotopic (exact) mass is 306 g/mol. The molecule has 0 radical (unpaired) electrons. The number of rotatable bonds is 3. The van der Waals surface area contributed by atoms with Crippen molar-refractivity contribution >= 4 is 23.4 Å². The van der Waals surface area contributed by atoms with E-state index in [2.05, 4.69) is 10.9 Å². The van der Waals surface area contributed by atoms with Crippen LogP contribution in [0, 0.1) is 17.8 Å². The van der Waals surface area contributed by atoms with Gasteiger partial charge in [-0.2, -0.15) is 0 Å². The van der Waals surface area contributed by atoms with Crippen LogP contribution in [0.2, 0.25) is 5.02 Å². The summed E-state index contributed by atoms with van der Waals surface area (Å²) >= 11 is 5.77. The Morgan fingerprint density at radius 1 is 1.10 bits per heavy atom. The van der Waals surface area contributed by atoms with Crippen LogP contribution in [0.4, 0.5) is 0 Å². The summed E-state index contributed by atoms with van der Waals surface area (Å²) in [7, 11) is 0. The lowest BCUT2D eigenvalue weighted by Crippen LogP contribution is -2.42. The van der Waals surface area contributed by atoms with Gasteiger partial charge in [0.25, 0.3) is 5.91 Å². The molecule has 3 atom stereocenters. The Kier molecular flexibility index (Phi) is 4.15. The molecule has 112 valence electrons. The Hall–Kier alpha value is -1.55. The van der Waals surface area contributed by atoms with Crippen LogP contribution < -0.4 is 10.9 Å². The fourth-order valence-corrected chi connectivity index (χ4v) is 3.84. The predicted octanol–water partition coefficient (Wildman–Crippen LogP) is 2.93. The molecule has 2 aliphatic carbocycles. The summed E-state index contributed by atoms with van der Waals surface area (Å²) < 4.78 is 0. The Labute approximate surface area is 129 Å². The highest BCUT2D eigenvalue weighted by molar-refractivity contribution is 6.30. The maximum absolute atomic E-state index is 11.9. The number of nitrogens with one attached hydrogen (secondary N) is 2. The lowest BCUT2D eigenvalue weighted by molar-refractivity contribution is -0.123. The van der Waals surface area contributed by atoms with Gasteiger partial charge in [-0.15, -0.1) is 0 Å². The van der Waals surface area contributed by atoms with E-state index in [1.165, 1.54) is 25.7 Å². The van der Waals surface area contributed by atoms with Gasteiger partial charge in [-0.25, -0.2) is 0 Å². The van der Waals surface area contributed by atoms with Crippen LogP contribution in [0.25, 0.3) is 0 Å². The van der Waals surface area contributed by atoms with E-state index in [0.717, 1.165) is 5.92 Å². The first kappa shape index (κ1) is 14.4. The topological polar surface area (TPSA) is 58.2 Å². The molecule has 2 amide bonds. The first-order valence-electron chi connectivity index (χ1n) is 7.46. The summed E-state index contributed by atoms with van der Waals surface area (Å²) in [5.41, 5.74) is 5.44. The van der Waals surface area contributed by atoms with E-state index >= 15 is 0 Å². The lowest BCUT2D eigenvalue weighted by Gasteiger charge is -2.20. The van der Waals surface area contributed by atoms with Crippen LogP contribution in [-0.2, 0) is 4.79 Å². The predicted molar refractivity (Wildman–Crippen MR) is 80.6 cm³/mol. The van der Waals surface area contributed by atoms with E-state index < -0.39 is 0 Å². The van der Waals surface area contributed by atoms with E-state index in [1.807, 2.05) is 0 Å². The van der Waals surface area contributed by atoms with Gasteiger partial charge < -0.3 is 0 Å². The second-order valence-electron chi connectivity index (χ2n) is 6.15. The molecule has 3 rings (SSSR count). The third kappa shape index (κ3) is 3.38.